The van der Waals surface area contributed by atoms with Crippen LogP contribution >= 0.6 is 0 Å². The van der Waals surface area contributed by atoms with Gasteiger partial charge in [-0.15, -0.1) is 0 Å². The molecule has 0 radical (unpaired) electrons. The van der Waals surface area contributed by atoms with Gasteiger partial charge in [0, 0.05) is 37.7 Å². The Hall–Kier alpha value is -3.23. The summed E-state index contributed by atoms with van der Waals surface area (Å²) in [5.41, 5.74) is -0.525. The molecule has 4 rings (SSSR count). The Kier molecular flexibility index (Phi) is 5.76. The monoisotopic (exact) mass is 461 g/mol. The van der Waals surface area contributed by atoms with Gasteiger partial charge in [-0.05, 0) is 30.3 Å². The number of halogens is 3. The summed E-state index contributed by atoms with van der Waals surface area (Å²) in [6.45, 7) is 7.64. The van der Waals surface area contributed by atoms with Gasteiger partial charge in [-0.1, -0.05) is 20.8 Å². The molecule has 6 nitrogen and oxygen atoms in total. The highest BCUT2D eigenvalue weighted by atomic mass is 19.4. The fourth-order valence-corrected chi connectivity index (χ4v) is 3.90. The first-order valence-electron chi connectivity index (χ1n) is 10.7. The molecule has 0 aliphatic carbocycles. The van der Waals surface area contributed by atoms with Gasteiger partial charge in [0.25, 0.3) is 0 Å². The molecule has 2 aromatic carbocycles. The molecule has 1 saturated heterocycles. The van der Waals surface area contributed by atoms with Gasteiger partial charge in [0.1, 0.15) is 23.0 Å². The number of hydrogen-bond donors (Lipinski definition) is 0. The zero-order valence-electron chi connectivity index (χ0n) is 19.0. The van der Waals surface area contributed by atoms with Crippen molar-refractivity contribution in [2.45, 2.75) is 26.9 Å². The quantitative estimate of drug-likeness (QED) is 0.594. The van der Waals surface area contributed by atoms with Crippen LogP contribution in [0.25, 0.3) is 0 Å². The lowest BCUT2D eigenvalue weighted by Gasteiger charge is -2.39. The fraction of sp³-hybridized carbons (Fsp3) is 0.417. The van der Waals surface area contributed by atoms with Crippen molar-refractivity contribution in [3.05, 3.63) is 47.5 Å². The zero-order chi connectivity index (χ0) is 24.0. The van der Waals surface area contributed by atoms with Crippen molar-refractivity contribution in [1.82, 2.24) is 9.80 Å². The minimum absolute atomic E-state index is 0.0681. The number of hydrogen-bond acceptors (Lipinski definition) is 5. The van der Waals surface area contributed by atoms with Crippen LogP contribution in [0.4, 0.5) is 18.9 Å². The van der Waals surface area contributed by atoms with Gasteiger partial charge in [-0.2, -0.15) is 13.2 Å². The van der Waals surface area contributed by atoms with E-state index in [1.165, 1.54) is 13.2 Å². The molecule has 2 aliphatic rings. The van der Waals surface area contributed by atoms with Crippen LogP contribution in [-0.2, 0) is 11.0 Å². The van der Waals surface area contributed by atoms with E-state index >= 15 is 0 Å². The van der Waals surface area contributed by atoms with Crippen LogP contribution in [0.2, 0.25) is 0 Å². The number of amidine groups is 1. The molecule has 9 heteroatoms. The number of carbonyl (C=O) groups excluding carboxylic acids is 1. The number of alkyl halides is 3. The van der Waals surface area contributed by atoms with Gasteiger partial charge in [-0.3, -0.25) is 4.79 Å². The molecular weight excluding hydrogens is 435 g/mol. The molecule has 33 heavy (non-hydrogen) atoms. The second-order valence-electron chi connectivity index (χ2n) is 9.11. The lowest BCUT2D eigenvalue weighted by atomic mass is 9.94. The molecular formula is C24H26F3N3O3. The number of ether oxygens (including phenoxy) is 2. The molecule has 1 fully saturated rings. The number of rotatable bonds is 1. The smallest absolute Gasteiger partial charge is 0.416 e. The normalized spacial score (nSPS) is 16.3. The first-order chi connectivity index (χ1) is 15.5. The van der Waals surface area contributed by atoms with E-state index in [2.05, 4.69) is 4.99 Å². The maximum Gasteiger partial charge on any atom is 0.416 e. The minimum Gasteiger partial charge on any atom is -0.497 e. The van der Waals surface area contributed by atoms with Gasteiger partial charge in [0.2, 0.25) is 5.91 Å². The first kappa shape index (κ1) is 22.9. The van der Waals surface area contributed by atoms with Crippen LogP contribution in [0.15, 0.2) is 41.4 Å². The predicted molar refractivity (Wildman–Crippen MR) is 118 cm³/mol. The van der Waals surface area contributed by atoms with Crippen LogP contribution < -0.4 is 9.47 Å². The van der Waals surface area contributed by atoms with E-state index in [-0.39, 0.29) is 17.3 Å². The number of aliphatic imine (C=N–C) groups is 1. The third-order valence-electron chi connectivity index (χ3n) is 5.67. The molecule has 0 aromatic heterocycles. The van der Waals surface area contributed by atoms with Crippen LogP contribution in [-0.4, -0.2) is 54.8 Å². The molecule has 0 spiro atoms. The van der Waals surface area contributed by atoms with Crippen molar-refractivity contribution >= 4 is 17.4 Å². The second kappa shape index (κ2) is 8.28. The molecule has 2 heterocycles. The van der Waals surface area contributed by atoms with Crippen molar-refractivity contribution in [3.8, 4) is 17.2 Å². The lowest BCUT2D eigenvalue weighted by Crippen LogP contribution is -2.53. The number of nitrogens with zero attached hydrogens (tertiary/aromatic N) is 3. The third kappa shape index (κ3) is 4.62. The van der Waals surface area contributed by atoms with E-state index in [4.69, 9.17) is 9.47 Å². The summed E-state index contributed by atoms with van der Waals surface area (Å²) >= 11 is 0. The molecule has 0 unspecified atom stereocenters. The Morgan fingerprint density at radius 3 is 2.30 bits per heavy atom. The zero-order valence-corrected chi connectivity index (χ0v) is 19.0. The van der Waals surface area contributed by atoms with Crippen LogP contribution in [0, 0.1) is 5.41 Å². The number of carbonyl (C=O) groups is 1. The first-order valence-corrected chi connectivity index (χ1v) is 10.7. The van der Waals surface area contributed by atoms with Crippen molar-refractivity contribution in [2.75, 3.05) is 33.3 Å². The Labute approximate surface area is 190 Å². The third-order valence-corrected chi connectivity index (χ3v) is 5.67. The summed E-state index contributed by atoms with van der Waals surface area (Å²) in [6.07, 6.45) is -4.49. The topological polar surface area (TPSA) is 54.4 Å². The summed E-state index contributed by atoms with van der Waals surface area (Å²) in [6, 6.07) is 8.50. The number of fused-ring (bicyclic) bond motifs is 2. The van der Waals surface area contributed by atoms with E-state index in [1.54, 1.807) is 18.2 Å². The van der Waals surface area contributed by atoms with E-state index in [0.29, 0.717) is 49.1 Å². The number of benzene rings is 2. The van der Waals surface area contributed by atoms with Crippen molar-refractivity contribution in [1.29, 1.82) is 0 Å². The van der Waals surface area contributed by atoms with Crippen molar-refractivity contribution in [2.24, 2.45) is 10.4 Å². The molecule has 176 valence electrons. The minimum atomic E-state index is -4.49. The average molecular weight is 461 g/mol. The van der Waals surface area contributed by atoms with Crippen molar-refractivity contribution < 1.29 is 27.4 Å². The molecule has 2 aliphatic heterocycles. The van der Waals surface area contributed by atoms with Gasteiger partial charge in [-0.25, -0.2) is 4.99 Å². The molecule has 0 N–H and O–H groups in total. The largest absolute Gasteiger partial charge is 0.497 e. The molecule has 0 atom stereocenters. The maximum absolute atomic E-state index is 13.3. The van der Waals surface area contributed by atoms with E-state index < -0.39 is 17.2 Å². The fourth-order valence-electron chi connectivity index (χ4n) is 3.90. The Morgan fingerprint density at radius 1 is 1.00 bits per heavy atom. The highest BCUT2D eigenvalue weighted by Crippen LogP contribution is 2.42. The SMILES string of the molecule is COc1ccc2c(c1)Oc1ccc(C(F)(F)F)cc1N=C2N1CCN(C(=O)C(C)(C)C)CC1. The lowest BCUT2D eigenvalue weighted by molar-refractivity contribution is -0.140. The van der Waals surface area contributed by atoms with Crippen LogP contribution in [0.1, 0.15) is 31.9 Å². The number of amides is 1. The molecule has 0 bridgehead atoms. The highest BCUT2D eigenvalue weighted by Gasteiger charge is 2.34. The standard InChI is InChI=1S/C24H26F3N3O3/c1-23(2,3)22(31)30-11-9-29(10-12-30)21-17-7-6-16(32-4)14-20(17)33-19-8-5-15(24(25,26)27)13-18(19)28-21/h5-8,13-14H,9-12H2,1-4H3. The number of methoxy groups -OCH3 is 1. The Bertz CT molecular complexity index is 1100. The molecule has 1 amide bonds. The van der Waals surface area contributed by atoms with Crippen LogP contribution in [0.3, 0.4) is 0 Å². The second-order valence-corrected chi connectivity index (χ2v) is 9.11. The van der Waals surface area contributed by atoms with Crippen molar-refractivity contribution in [3.63, 3.8) is 0 Å². The number of piperazine rings is 1. The Morgan fingerprint density at radius 2 is 1.70 bits per heavy atom. The average Bonchev–Trinajstić information content (AvgIpc) is 2.93. The Balaban J connectivity index is 1.73. The van der Waals surface area contributed by atoms with Gasteiger partial charge in [0.15, 0.2) is 5.75 Å². The van der Waals surface area contributed by atoms with Gasteiger partial charge >= 0.3 is 6.18 Å². The highest BCUT2D eigenvalue weighted by molar-refractivity contribution is 6.04. The summed E-state index contributed by atoms with van der Waals surface area (Å²) in [5, 5.41) is 0. The summed E-state index contributed by atoms with van der Waals surface area (Å²) in [5.74, 6) is 1.81. The van der Waals surface area contributed by atoms with Gasteiger partial charge in [0.05, 0.1) is 18.2 Å². The molecule has 2 aromatic rings. The summed E-state index contributed by atoms with van der Waals surface area (Å²) in [4.78, 5) is 21.1. The van der Waals surface area contributed by atoms with E-state index in [1.807, 2.05) is 30.6 Å². The van der Waals surface area contributed by atoms with E-state index in [9.17, 15) is 18.0 Å². The van der Waals surface area contributed by atoms with Gasteiger partial charge < -0.3 is 19.3 Å². The summed E-state index contributed by atoms with van der Waals surface area (Å²) < 4.78 is 51.3. The molecule has 0 saturated carbocycles. The summed E-state index contributed by atoms with van der Waals surface area (Å²) in [7, 11) is 1.53. The van der Waals surface area contributed by atoms with E-state index in [0.717, 1.165) is 12.1 Å². The predicted octanol–water partition coefficient (Wildman–Crippen LogP) is 5.09. The maximum atomic E-state index is 13.3. The van der Waals surface area contributed by atoms with Crippen LogP contribution in [0.5, 0.6) is 17.2 Å².